The molecule has 5 aromatic rings. The number of benzene rings is 3. The molecule has 0 unspecified atom stereocenters. The molecule has 3 aromatic carbocycles. The van der Waals surface area contributed by atoms with E-state index in [0.29, 0.717) is 23.1 Å². The van der Waals surface area contributed by atoms with Crippen molar-refractivity contribution in [2.75, 3.05) is 0 Å². The Morgan fingerprint density at radius 3 is 2.35 bits per heavy atom. The SMILES string of the molecule is CCCc1nc2ccc(Br)cc2c(=O)n1N=Cc1cc(C)n(-c2ccc(Sc3ccc([N+](=O)[O-])cc3)cc2)c1C. The fraction of sp³-hybridized carbons (Fsp3) is 0.167. The minimum atomic E-state index is -0.399. The van der Waals surface area contributed by atoms with E-state index in [0.717, 1.165) is 43.3 Å². The molecule has 2 aromatic heterocycles. The van der Waals surface area contributed by atoms with Crippen LogP contribution < -0.4 is 5.56 Å². The average Bonchev–Trinajstić information content (AvgIpc) is 3.22. The minimum Gasteiger partial charge on any atom is -0.318 e. The van der Waals surface area contributed by atoms with Crippen molar-refractivity contribution in [3.8, 4) is 5.69 Å². The van der Waals surface area contributed by atoms with Crippen molar-refractivity contribution in [1.82, 2.24) is 14.2 Å². The van der Waals surface area contributed by atoms with Crippen LogP contribution in [0.5, 0.6) is 0 Å². The quantitative estimate of drug-likeness (QED) is 0.102. The first-order valence-corrected chi connectivity index (χ1v) is 14.3. The lowest BCUT2D eigenvalue weighted by atomic mass is 10.2. The van der Waals surface area contributed by atoms with Gasteiger partial charge in [-0.1, -0.05) is 34.6 Å². The Labute approximate surface area is 243 Å². The third-order valence-electron chi connectivity index (χ3n) is 6.51. The van der Waals surface area contributed by atoms with E-state index in [1.165, 1.54) is 16.8 Å². The van der Waals surface area contributed by atoms with E-state index in [1.807, 2.05) is 56.3 Å². The molecule has 0 saturated heterocycles. The van der Waals surface area contributed by atoms with Gasteiger partial charge in [0.25, 0.3) is 11.2 Å². The highest BCUT2D eigenvalue weighted by Crippen LogP contribution is 2.30. The second kappa shape index (κ2) is 11.6. The summed E-state index contributed by atoms with van der Waals surface area (Å²) in [7, 11) is 0. The van der Waals surface area contributed by atoms with Crippen LogP contribution in [0.3, 0.4) is 0 Å². The molecule has 0 bridgehead atoms. The second-order valence-corrected chi connectivity index (χ2v) is 11.4. The number of aromatic nitrogens is 3. The normalized spacial score (nSPS) is 11.5. The van der Waals surface area contributed by atoms with E-state index in [9.17, 15) is 14.9 Å². The van der Waals surface area contributed by atoms with Crippen LogP contribution in [-0.2, 0) is 6.42 Å². The van der Waals surface area contributed by atoms with Crippen LogP contribution in [0, 0.1) is 24.0 Å². The Kier molecular flexibility index (Phi) is 7.99. The summed E-state index contributed by atoms with van der Waals surface area (Å²) >= 11 is 4.99. The zero-order valence-corrected chi connectivity index (χ0v) is 24.6. The molecule has 0 N–H and O–H groups in total. The smallest absolute Gasteiger partial charge is 0.282 e. The van der Waals surface area contributed by atoms with E-state index < -0.39 is 4.92 Å². The van der Waals surface area contributed by atoms with E-state index in [1.54, 1.807) is 36.2 Å². The molecule has 202 valence electrons. The van der Waals surface area contributed by atoms with Gasteiger partial charge in [0.05, 0.1) is 22.0 Å². The highest BCUT2D eigenvalue weighted by Gasteiger charge is 2.13. The number of aryl methyl sites for hydroxylation is 2. The molecule has 40 heavy (non-hydrogen) atoms. The second-order valence-electron chi connectivity index (χ2n) is 9.31. The van der Waals surface area contributed by atoms with Gasteiger partial charge in [-0.05, 0) is 80.9 Å². The summed E-state index contributed by atoms with van der Waals surface area (Å²) in [5.74, 6) is 0.633. The molecule has 0 aliphatic rings. The van der Waals surface area contributed by atoms with E-state index >= 15 is 0 Å². The van der Waals surface area contributed by atoms with Crippen molar-refractivity contribution in [3.05, 3.63) is 121 Å². The Hall–Kier alpha value is -4.02. The molecule has 0 radical (unpaired) electrons. The summed E-state index contributed by atoms with van der Waals surface area (Å²) in [6, 6.07) is 22.2. The van der Waals surface area contributed by atoms with Crippen molar-refractivity contribution in [3.63, 3.8) is 0 Å². The summed E-state index contributed by atoms with van der Waals surface area (Å²) in [5, 5.41) is 16.0. The molecule has 0 amide bonds. The molecule has 0 atom stereocenters. The molecule has 0 aliphatic carbocycles. The Morgan fingerprint density at radius 2 is 1.70 bits per heavy atom. The van der Waals surface area contributed by atoms with Gasteiger partial charge in [0.15, 0.2) is 0 Å². The molecular formula is C30H26BrN5O3S. The summed E-state index contributed by atoms with van der Waals surface area (Å²) < 4.78 is 4.38. The lowest BCUT2D eigenvalue weighted by molar-refractivity contribution is -0.384. The van der Waals surface area contributed by atoms with Crippen LogP contribution in [0.15, 0.2) is 97.0 Å². The lowest BCUT2D eigenvalue weighted by Gasteiger charge is -2.11. The predicted octanol–water partition coefficient (Wildman–Crippen LogP) is 7.46. The first-order valence-electron chi connectivity index (χ1n) is 12.7. The number of halogens is 1. The van der Waals surface area contributed by atoms with Gasteiger partial charge in [0.1, 0.15) is 5.82 Å². The highest BCUT2D eigenvalue weighted by molar-refractivity contribution is 9.10. The molecular weight excluding hydrogens is 590 g/mol. The van der Waals surface area contributed by atoms with Gasteiger partial charge in [0.2, 0.25) is 0 Å². The fourth-order valence-electron chi connectivity index (χ4n) is 4.57. The van der Waals surface area contributed by atoms with E-state index in [-0.39, 0.29) is 11.2 Å². The van der Waals surface area contributed by atoms with Crippen molar-refractivity contribution in [1.29, 1.82) is 0 Å². The van der Waals surface area contributed by atoms with Crippen LogP contribution >= 0.6 is 27.7 Å². The highest BCUT2D eigenvalue weighted by atomic mass is 79.9. The summed E-state index contributed by atoms with van der Waals surface area (Å²) in [5.41, 5.74) is 4.50. The number of nitrogens with zero attached hydrogens (tertiary/aromatic N) is 5. The monoisotopic (exact) mass is 615 g/mol. The maximum absolute atomic E-state index is 13.3. The largest absolute Gasteiger partial charge is 0.318 e. The topological polar surface area (TPSA) is 95.3 Å². The number of hydrogen-bond donors (Lipinski definition) is 0. The Morgan fingerprint density at radius 1 is 1.02 bits per heavy atom. The molecule has 5 rings (SSSR count). The maximum atomic E-state index is 13.3. The average molecular weight is 617 g/mol. The number of nitro benzene ring substituents is 1. The maximum Gasteiger partial charge on any atom is 0.282 e. The van der Waals surface area contributed by atoms with Crippen molar-refractivity contribution in [2.45, 2.75) is 43.4 Å². The van der Waals surface area contributed by atoms with Crippen LogP contribution in [0.1, 0.15) is 36.1 Å². The zero-order valence-electron chi connectivity index (χ0n) is 22.2. The van der Waals surface area contributed by atoms with Gasteiger partial charge in [-0.3, -0.25) is 14.9 Å². The van der Waals surface area contributed by atoms with Gasteiger partial charge in [0, 0.05) is 55.5 Å². The molecule has 0 saturated carbocycles. The zero-order chi connectivity index (χ0) is 28.4. The van der Waals surface area contributed by atoms with Gasteiger partial charge in [-0.25, -0.2) is 4.98 Å². The van der Waals surface area contributed by atoms with Crippen LogP contribution in [0.2, 0.25) is 0 Å². The number of rotatable bonds is 8. The third-order valence-corrected chi connectivity index (χ3v) is 8.02. The third kappa shape index (κ3) is 5.64. The van der Waals surface area contributed by atoms with Gasteiger partial charge < -0.3 is 4.57 Å². The number of fused-ring (bicyclic) bond motifs is 1. The molecule has 10 heteroatoms. The molecule has 0 fully saturated rings. The standard InChI is InChI=1S/C30H26BrN5O3S/c1-4-5-29-33-28-15-6-22(31)17-27(28)30(37)35(29)32-18-21-16-19(2)34(20(21)3)23-7-11-25(12-8-23)40-26-13-9-24(10-14-26)36(38)39/h6-18H,4-5H2,1-3H3. The number of hydrogen-bond acceptors (Lipinski definition) is 6. The van der Waals surface area contributed by atoms with E-state index in [4.69, 9.17) is 4.98 Å². The predicted molar refractivity (Wildman–Crippen MR) is 163 cm³/mol. The van der Waals surface area contributed by atoms with Gasteiger partial charge >= 0.3 is 0 Å². The first-order chi connectivity index (χ1) is 19.2. The van der Waals surface area contributed by atoms with E-state index in [2.05, 4.69) is 32.5 Å². The Balaban J connectivity index is 1.42. The van der Waals surface area contributed by atoms with Gasteiger partial charge in [-0.15, -0.1) is 0 Å². The van der Waals surface area contributed by atoms with Crippen molar-refractivity contribution in [2.24, 2.45) is 5.10 Å². The molecule has 2 heterocycles. The summed E-state index contributed by atoms with van der Waals surface area (Å²) in [4.78, 5) is 30.5. The number of nitro groups is 1. The molecule has 0 aliphatic heterocycles. The fourth-order valence-corrected chi connectivity index (χ4v) is 5.75. The summed E-state index contributed by atoms with van der Waals surface area (Å²) in [6.07, 6.45) is 3.21. The Bertz CT molecular complexity index is 1810. The van der Waals surface area contributed by atoms with Crippen LogP contribution in [0.4, 0.5) is 5.69 Å². The molecule has 8 nitrogen and oxygen atoms in total. The van der Waals surface area contributed by atoms with Crippen LogP contribution in [0.25, 0.3) is 16.6 Å². The van der Waals surface area contributed by atoms with Gasteiger partial charge in [-0.2, -0.15) is 9.78 Å². The van der Waals surface area contributed by atoms with Crippen molar-refractivity contribution >= 4 is 50.5 Å². The van der Waals surface area contributed by atoms with Crippen molar-refractivity contribution < 1.29 is 4.92 Å². The molecule has 0 spiro atoms. The summed E-state index contributed by atoms with van der Waals surface area (Å²) in [6.45, 7) is 6.11. The lowest BCUT2D eigenvalue weighted by Crippen LogP contribution is -2.22. The number of non-ortho nitro benzene ring substituents is 1. The van der Waals surface area contributed by atoms with Crippen LogP contribution in [-0.4, -0.2) is 25.4 Å². The first kappa shape index (κ1) is 27.5. The minimum absolute atomic E-state index is 0.0778.